The van der Waals surface area contributed by atoms with E-state index >= 15 is 0 Å². The average molecular weight is 420 g/mol. The molecular weight excluding hydrogens is 390 g/mol. The molecule has 3 rings (SSSR count). The van der Waals surface area contributed by atoms with Crippen LogP contribution in [0, 0.1) is 17.3 Å². The Morgan fingerprint density at radius 1 is 1.10 bits per heavy atom. The van der Waals surface area contributed by atoms with Crippen molar-refractivity contribution in [2.24, 2.45) is 17.3 Å². The van der Waals surface area contributed by atoms with Crippen LogP contribution in [0.5, 0.6) is 0 Å². The molecular formula is C23H30ClNO4. The summed E-state index contributed by atoms with van der Waals surface area (Å²) in [7, 11) is 0. The van der Waals surface area contributed by atoms with Crippen molar-refractivity contribution in [3.63, 3.8) is 0 Å². The lowest BCUT2D eigenvalue weighted by Gasteiger charge is -2.46. The summed E-state index contributed by atoms with van der Waals surface area (Å²) < 4.78 is 0. The van der Waals surface area contributed by atoms with E-state index in [1.54, 1.807) is 0 Å². The summed E-state index contributed by atoms with van der Waals surface area (Å²) in [4.78, 5) is 24.5. The van der Waals surface area contributed by atoms with Gasteiger partial charge in [0, 0.05) is 16.5 Å². The van der Waals surface area contributed by atoms with Crippen molar-refractivity contribution in [1.82, 2.24) is 5.32 Å². The summed E-state index contributed by atoms with van der Waals surface area (Å²) in [6, 6.07) is 7.79. The number of aliphatic carboxylic acids is 1. The number of rotatable bonds is 7. The molecule has 2 aliphatic rings. The molecule has 0 aromatic heterocycles. The lowest BCUT2D eigenvalue weighted by molar-refractivity contribution is -0.137. The molecule has 6 heteroatoms. The van der Waals surface area contributed by atoms with E-state index in [4.69, 9.17) is 16.7 Å². The van der Waals surface area contributed by atoms with Crippen LogP contribution in [0.25, 0.3) is 0 Å². The van der Waals surface area contributed by atoms with Crippen molar-refractivity contribution in [3.8, 4) is 0 Å². The highest BCUT2D eigenvalue weighted by molar-refractivity contribution is 6.30. The van der Waals surface area contributed by atoms with E-state index in [1.165, 1.54) is 19.3 Å². The maximum Gasteiger partial charge on any atom is 0.371 e. The quantitative estimate of drug-likeness (QED) is 0.446. The first kappa shape index (κ1) is 21.8. The third kappa shape index (κ3) is 5.20. The van der Waals surface area contributed by atoms with Gasteiger partial charge in [-0.15, -0.1) is 0 Å². The van der Waals surface area contributed by atoms with Crippen LogP contribution in [0.4, 0.5) is 0 Å². The van der Waals surface area contributed by atoms with Crippen molar-refractivity contribution in [2.45, 2.75) is 51.4 Å². The first-order valence-corrected chi connectivity index (χ1v) is 10.9. The maximum absolute atomic E-state index is 13.4. The summed E-state index contributed by atoms with van der Waals surface area (Å²) in [6.45, 7) is 1.44. The third-order valence-corrected chi connectivity index (χ3v) is 7.02. The molecule has 1 unspecified atom stereocenters. The smallest absolute Gasteiger partial charge is 0.371 e. The number of hydrogen-bond donors (Lipinski definition) is 3. The molecule has 158 valence electrons. The highest BCUT2D eigenvalue weighted by Crippen LogP contribution is 2.48. The van der Waals surface area contributed by atoms with Crippen LogP contribution >= 0.6 is 11.6 Å². The molecule has 1 aliphatic carbocycles. The molecule has 1 saturated heterocycles. The molecule has 5 nitrogen and oxygen atoms in total. The first-order valence-electron chi connectivity index (χ1n) is 10.6. The van der Waals surface area contributed by atoms with Gasteiger partial charge in [0.2, 0.25) is 5.76 Å². The highest BCUT2D eigenvalue weighted by atomic mass is 35.5. The first-order chi connectivity index (χ1) is 13.9. The molecule has 0 radical (unpaired) electrons. The zero-order valence-corrected chi connectivity index (χ0v) is 17.5. The number of aliphatic hydroxyl groups is 1. The predicted octanol–water partition coefficient (Wildman–Crippen LogP) is 4.54. The van der Waals surface area contributed by atoms with Crippen molar-refractivity contribution < 1.29 is 19.8 Å². The second-order valence-corrected chi connectivity index (χ2v) is 8.88. The molecule has 1 heterocycles. The van der Waals surface area contributed by atoms with E-state index in [-0.39, 0.29) is 11.7 Å². The molecule has 2 fully saturated rings. The van der Waals surface area contributed by atoms with E-state index in [0.29, 0.717) is 23.8 Å². The number of carboxylic acids is 1. The minimum atomic E-state index is -1.46. The molecule has 3 N–H and O–H groups in total. The molecule has 0 spiro atoms. The molecule has 1 aliphatic heterocycles. The summed E-state index contributed by atoms with van der Waals surface area (Å²) in [5, 5.41) is 22.8. The van der Waals surface area contributed by atoms with E-state index < -0.39 is 17.1 Å². The Morgan fingerprint density at radius 3 is 2.31 bits per heavy atom. The maximum atomic E-state index is 13.4. The lowest BCUT2D eigenvalue weighted by atomic mass is 9.58. The topological polar surface area (TPSA) is 86.6 Å². The van der Waals surface area contributed by atoms with Crippen LogP contribution in [0.15, 0.2) is 36.1 Å². The Kier molecular flexibility index (Phi) is 7.36. The molecule has 1 atom stereocenters. The van der Waals surface area contributed by atoms with Gasteiger partial charge in [-0.25, -0.2) is 4.79 Å². The van der Waals surface area contributed by atoms with Crippen molar-refractivity contribution in [3.05, 3.63) is 46.7 Å². The van der Waals surface area contributed by atoms with Gasteiger partial charge in [-0.1, -0.05) is 55.8 Å². The van der Waals surface area contributed by atoms with Crippen molar-refractivity contribution >= 4 is 23.4 Å². The number of aliphatic hydroxyl groups excluding tert-OH is 1. The standard InChI is InChI=1S/C23H30ClNO4/c24-18-8-6-16(7-9-18)14-19(17-4-2-1-3-5-17)23(10-12-25-13-11-23)21(27)15-20(26)22(28)29/h6-9,15,17,19,25-26H,1-5,10-14H2,(H,28,29). The van der Waals surface area contributed by atoms with Crippen LogP contribution < -0.4 is 5.32 Å². The molecule has 1 aromatic carbocycles. The predicted molar refractivity (Wildman–Crippen MR) is 113 cm³/mol. The molecule has 0 bridgehead atoms. The number of hydrogen-bond acceptors (Lipinski definition) is 4. The summed E-state index contributed by atoms with van der Waals surface area (Å²) in [5.74, 6) is -2.06. The third-order valence-electron chi connectivity index (χ3n) is 6.77. The molecule has 29 heavy (non-hydrogen) atoms. The number of carbonyl (C=O) groups is 2. The van der Waals surface area contributed by atoms with Crippen molar-refractivity contribution in [2.75, 3.05) is 13.1 Å². The zero-order valence-electron chi connectivity index (χ0n) is 16.7. The largest absolute Gasteiger partial charge is 0.502 e. The normalized spacial score (nSPS) is 21.5. The van der Waals surface area contributed by atoms with Crippen LogP contribution in [0.1, 0.15) is 50.5 Å². The average Bonchev–Trinajstić information content (AvgIpc) is 2.74. The van der Waals surface area contributed by atoms with Gasteiger partial charge in [0.15, 0.2) is 5.78 Å². The molecule has 1 aromatic rings. The van der Waals surface area contributed by atoms with E-state index in [0.717, 1.165) is 44.0 Å². The number of ketones is 1. The van der Waals surface area contributed by atoms with Gasteiger partial charge < -0.3 is 15.5 Å². The number of nitrogens with one attached hydrogen (secondary N) is 1. The van der Waals surface area contributed by atoms with Gasteiger partial charge in [-0.05, 0) is 61.9 Å². The minimum Gasteiger partial charge on any atom is -0.502 e. The summed E-state index contributed by atoms with van der Waals surface area (Å²) in [6.07, 6.45) is 8.77. The minimum absolute atomic E-state index is 0.108. The van der Waals surface area contributed by atoms with Crippen LogP contribution in [-0.2, 0) is 16.0 Å². The van der Waals surface area contributed by atoms with Crippen LogP contribution in [0.3, 0.4) is 0 Å². The van der Waals surface area contributed by atoms with E-state index in [2.05, 4.69) is 5.32 Å². The van der Waals surface area contributed by atoms with Gasteiger partial charge in [-0.3, -0.25) is 4.79 Å². The van der Waals surface area contributed by atoms with Crippen LogP contribution in [0.2, 0.25) is 5.02 Å². The summed E-state index contributed by atoms with van der Waals surface area (Å²) >= 11 is 6.06. The zero-order chi connectivity index (χ0) is 20.9. The Morgan fingerprint density at radius 2 is 1.72 bits per heavy atom. The number of halogens is 1. The van der Waals surface area contributed by atoms with Gasteiger partial charge in [0.1, 0.15) is 0 Å². The Bertz CT molecular complexity index is 747. The number of allylic oxidation sites excluding steroid dienone is 1. The Labute approximate surface area is 177 Å². The van der Waals surface area contributed by atoms with Crippen molar-refractivity contribution in [1.29, 1.82) is 0 Å². The van der Waals surface area contributed by atoms with Gasteiger partial charge >= 0.3 is 5.97 Å². The molecule has 1 saturated carbocycles. The fourth-order valence-electron chi connectivity index (χ4n) is 5.23. The molecule has 0 amide bonds. The van der Waals surface area contributed by atoms with E-state index in [9.17, 15) is 14.7 Å². The Hall–Kier alpha value is -1.85. The highest BCUT2D eigenvalue weighted by Gasteiger charge is 2.48. The van der Waals surface area contributed by atoms with Gasteiger partial charge in [0.05, 0.1) is 0 Å². The number of carboxylic acid groups (broad SMARTS) is 1. The van der Waals surface area contributed by atoms with E-state index in [1.807, 2.05) is 24.3 Å². The second kappa shape index (κ2) is 9.77. The SMILES string of the molecule is O=C(O)C(O)=CC(=O)C1(C(Cc2ccc(Cl)cc2)C2CCCCC2)CCNCC1. The fraction of sp³-hybridized carbons (Fsp3) is 0.565. The summed E-state index contributed by atoms with van der Waals surface area (Å²) in [5.41, 5.74) is 0.484. The second-order valence-electron chi connectivity index (χ2n) is 8.44. The fourth-order valence-corrected chi connectivity index (χ4v) is 5.35. The van der Waals surface area contributed by atoms with Gasteiger partial charge in [0.25, 0.3) is 0 Å². The number of piperidine rings is 1. The number of benzene rings is 1. The Balaban J connectivity index is 1.99. The van der Waals surface area contributed by atoms with Crippen LogP contribution in [-0.4, -0.2) is 35.1 Å². The van der Waals surface area contributed by atoms with Gasteiger partial charge in [-0.2, -0.15) is 0 Å². The number of carbonyl (C=O) groups excluding carboxylic acids is 1. The monoisotopic (exact) mass is 419 g/mol. The lowest BCUT2D eigenvalue weighted by Crippen LogP contribution is -2.50.